The summed E-state index contributed by atoms with van der Waals surface area (Å²) in [6, 6.07) is 12.4. The van der Waals surface area contributed by atoms with Crippen LogP contribution in [0.15, 0.2) is 59.5 Å². The quantitative estimate of drug-likeness (QED) is 0.392. The summed E-state index contributed by atoms with van der Waals surface area (Å²) in [5.41, 5.74) is 7.38. The second-order valence-electron chi connectivity index (χ2n) is 7.51. The lowest BCUT2D eigenvalue weighted by molar-refractivity contribution is 0.596. The minimum Gasteiger partial charge on any atom is -0.368 e. The maximum absolute atomic E-state index is 14.8. The third-order valence-electron chi connectivity index (χ3n) is 4.96. The van der Waals surface area contributed by atoms with E-state index in [4.69, 9.17) is 5.73 Å². The Morgan fingerprint density at radius 1 is 1.12 bits per heavy atom. The molecule has 2 aromatic heterocycles. The van der Waals surface area contributed by atoms with E-state index in [1.165, 1.54) is 28.6 Å². The van der Waals surface area contributed by atoms with Crippen LogP contribution in [0.1, 0.15) is 25.5 Å². The molecule has 164 valence electrons. The first-order valence-corrected chi connectivity index (χ1v) is 10.9. The first-order valence-electron chi connectivity index (χ1n) is 9.94. The van der Waals surface area contributed by atoms with Crippen molar-refractivity contribution in [1.29, 1.82) is 0 Å². The lowest BCUT2D eigenvalue weighted by Gasteiger charge is -2.16. The highest BCUT2D eigenvalue weighted by molar-refractivity contribution is 7.99. The van der Waals surface area contributed by atoms with E-state index in [1.54, 1.807) is 42.6 Å². The largest absolute Gasteiger partial charge is 0.368 e. The number of nitrogens with zero attached hydrogens (tertiary/aromatic N) is 3. The molecule has 0 unspecified atom stereocenters. The van der Waals surface area contributed by atoms with Crippen LogP contribution in [0.4, 0.5) is 20.4 Å². The number of nitrogen functional groups attached to an aromatic ring is 1. The maximum atomic E-state index is 14.8. The van der Waals surface area contributed by atoms with Crippen LogP contribution in [0.5, 0.6) is 0 Å². The highest BCUT2D eigenvalue weighted by Crippen LogP contribution is 2.27. The van der Waals surface area contributed by atoms with E-state index >= 15 is 0 Å². The van der Waals surface area contributed by atoms with Crippen molar-refractivity contribution in [2.24, 2.45) is 0 Å². The summed E-state index contributed by atoms with van der Waals surface area (Å²) in [6.45, 7) is 3.73. The van der Waals surface area contributed by atoms with Gasteiger partial charge in [0.25, 0.3) is 5.56 Å². The van der Waals surface area contributed by atoms with Crippen LogP contribution in [0.25, 0.3) is 22.2 Å². The molecule has 0 bridgehead atoms. The first kappa shape index (κ1) is 21.8. The molecule has 32 heavy (non-hydrogen) atoms. The van der Waals surface area contributed by atoms with E-state index < -0.39 is 5.82 Å². The number of halogens is 2. The Morgan fingerprint density at radius 3 is 2.62 bits per heavy atom. The molecule has 0 spiro atoms. The maximum Gasteiger partial charge on any atom is 0.260 e. The van der Waals surface area contributed by atoms with Crippen LogP contribution < -0.4 is 16.0 Å². The van der Waals surface area contributed by atoms with E-state index in [2.05, 4.69) is 14.7 Å². The molecular weight excluding hydrogens is 432 g/mol. The van der Waals surface area contributed by atoms with Gasteiger partial charge in [0.05, 0.1) is 5.69 Å². The second kappa shape index (κ2) is 8.96. The van der Waals surface area contributed by atoms with Crippen LogP contribution in [0, 0.1) is 11.6 Å². The summed E-state index contributed by atoms with van der Waals surface area (Å²) in [4.78, 5) is 21.4. The van der Waals surface area contributed by atoms with Gasteiger partial charge in [-0.25, -0.2) is 13.8 Å². The molecule has 0 saturated heterocycles. The summed E-state index contributed by atoms with van der Waals surface area (Å²) in [7, 11) is 0. The fourth-order valence-corrected chi connectivity index (χ4v) is 4.17. The van der Waals surface area contributed by atoms with Crippen molar-refractivity contribution in [2.45, 2.75) is 25.6 Å². The van der Waals surface area contributed by atoms with E-state index in [-0.39, 0.29) is 29.1 Å². The summed E-state index contributed by atoms with van der Waals surface area (Å²) in [5, 5.41) is 0.630. The fourth-order valence-electron chi connectivity index (χ4n) is 3.39. The molecule has 0 atom stereocenters. The third-order valence-corrected chi connectivity index (χ3v) is 5.78. The van der Waals surface area contributed by atoms with Gasteiger partial charge in [-0.3, -0.25) is 9.36 Å². The average molecular weight is 454 g/mol. The second-order valence-corrected chi connectivity index (χ2v) is 8.29. The van der Waals surface area contributed by atoms with Crippen molar-refractivity contribution in [3.05, 3.63) is 82.3 Å². The van der Waals surface area contributed by atoms with Gasteiger partial charge >= 0.3 is 0 Å². The van der Waals surface area contributed by atoms with Crippen LogP contribution in [0.3, 0.4) is 0 Å². The van der Waals surface area contributed by atoms with Crippen molar-refractivity contribution in [1.82, 2.24) is 14.5 Å². The van der Waals surface area contributed by atoms with Crippen LogP contribution in [0.2, 0.25) is 0 Å². The number of anilines is 2. The molecule has 4 rings (SSSR count). The van der Waals surface area contributed by atoms with Crippen molar-refractivity contribution in [3.63, 3.8) is 0 Å². The minimum absolute atomic E-state index is 0.0772. The van der Waals surface area contributed by atoms with Gasteiger partial charge in [-0.15, -0.1) is 0 Å². The van der Waals surface area contributed by atoms with Crippen molar-refractivity contribution < 1.29 is 8.78 Å². The van der Waals surface area contributed by atoms with Gasteiger partial charge in [0.1, 0.15) is 17.3 Å². The van der Waals surface area contributed by atoms with Crippen LogP contribution in [-0.2, 0) is 5.75 Å². The van der Waals surface area contributed by atoms with Crippen molar-refractivity contribution in [3.8, 4) is 11.1 Å². The Bertz CT molecular complexity index is 1360. The molecule has 2 heterocycles. The van der Waals surface area contributed by atoms with Crippen molar-refractivity contribution >= 4 is 34.6 Å². The Hall–Kier alpha value is -3.46. The van der Waals surface area contributed by atoms with Gasteiger partial charge in [-0.1, -0.05) is 24.3 Å². The summed E-state index contributed by atoms with van der Waals surface area (Å²) in [6.07, 6.45) is 1.55. The lowest BCUT2D eigenvalue weighted by Crippen LogP contribution is -2.25. The molecule has 0 fully saturated rings. The minimum atomic E-state index is -0.521. The summed E-state index contributed by atoms with van der Waals surface area (Å²) < 4.78 is 33.0. The highest BCUT2D eigenvalue weighted by Gasteiger charge is 2.16. The molecule has 9 heteroatoms. The Kier molecular flexibility index (Phi) is 6.09. The zero-order valence-corrected chi connectivity index (χ0v) is 18.3. The molecule has 0 amide bonds. The number of rotatable bonds is 6. The number of nitrogens with two attached hydrogens (primary N) is 1. The lowest BCUT2D eigenvalue weighted by atomic mass is 10.0. The van der Waals surface area contributed by atoms with Gasteiger partial charge in [0.2, 0.25) is 5.95 Å². The standard InChI is InChI=1S/C23H21F2N5OS/c1-13(2)30-21-16(11-27-23(26)28-21)9-17(22(30)31)14-7-8-20(19(25)10-14)29-32-12-15-5-3-4-6-18(15)24/h3-11,13,29H,12H2,1-2H3,(H2,26,27,28). The summed E-state index contributed by atoms with van der Waals surface area (Å²) in [5.74, 6) is -0.414. The highest BCUT2D eigenvalue weighted by atomic mass is 32.2. The number of fused-ring (bicyclic) bond motifs is 1. The zero-order valence-electron chi connectivity index (χ0n) is 17.5. The number of nitrogens with one attached hydrogen (secondary N) is 1. The Morgan fingerprint density at radius 2 is 1.91 bits per heavy atom. The molecule has 2 aromatic carbocycles. The Labute approximate surface area is 187 Å². The van der Waals surface area contributed by atoms with Crippen molar-refractivity contribution in [2.75, 3.05) is 10.5 Å². The Balaban J connectivity index is 1.64. The third kappa shape index (κ3) is 4.29. The first-order chi connectivity index (χ1) is 15.3. The summed E-state index contributed by atoms with van der Waals surface area (Å²) >= 11 is 1.18. The zero-order chi connectivity index (χ0) is 22.8. The predicted octanol–water partition coefficient (Wildman–Crippen LogP) is 5.16. The van der Waals surface area contributed by atoms with E-state index in [1.807, 2.05) is 13.8 Å². The van der Waals surface area contributed by atoms with Gasteiger partial charge in [0.15, 0.2) is 0 Å². The van der Waals surface area contributed by atoms with Gasteiger partial charge in [-0.05, 0) is 61.2 Å². The molecule has 6 nitrogen and oxygen atoms in total. The van der Waals surface area contributed by atoms with Crippen LogP contribution in [-0.4, -0.2) is 14.5 Å². The molecule has 0 aliphatic carbocycles. The normalized spacial score (nSPS) is 11.3. The molecule has 0 saturated carbocycles. The number of aromatic nitrogens is 3. The van der Waals surface area contributed by atoms with E-state index in [9.17, 15) is 13.6 Å². The predicted molar refractivity (Wildman–Crippen MR) is 125 cm³/mol. The number of pyridine rings is 1. The van der Waals surface area contributed by atoms with Gasteiger partial charge in [-0.2, -0.15) is 4.98 Å². The number of benzene rings is 2. The van der Waals surface area contributed by atoms with E-state index in [0.29, 0.717) is 33.5 Å². The molecule has 0 aliphatic heterocycles. The smallest absolute Gasteiger partial charge is 0.260 e. The van der Waals surface area contributed by atoms with Gasteiger partial charge < -0.3 is 10.5 Å². The molecule has 4 aromatic rings. The number of hydrogen-bond acceptors (Lipinski definition) is 6. The molecule has 3 N–H and O–H groups in total. The topological polar surface area (TPSA) is 85.8 Å². The van der Waals surface area contributed by atoms with Gasteiger partial charge in [0, 0.05) is 28.9 Å². The molecule has 0 aliphatic rings. The van der Waals surface area contributed by atoms with E-state index in [0.717, 1.165) is 0 Å². The SMILES string of the molecule is CC(C)n1c(=O)c(-c2ccc(NSCc3ccccc3F)c(F)c2)cc2cnc(N)nc21. The number of hydrogen-bond donors (Lipinski definition) is 2. The monoisotopic (exact) mass is 453 g/mol. The average Bonchev–Trinajstić information content (AvgIpc) is 2.75. The molecular formula is C23H21F2N5OS. The fraction of sp³-hybridized carbons (Fsp3) is 0.174. The molecule has 0 radical (unpaired) electrons. The van der Waals surface area contributed by atoms with Crippen LogP contribution >= 0.6 is 11.9 Å².